The van der Waals surface area contributed by atoms with E-state index in [1.165, 1.54) is 0 Å². The highest BCUT2D eigenvalue weighted by molar-refractivity contribution is 5.82. The summed E-state index contributed by atoms with van der Waals surface area (Å²) in [5.74, 6) is 4.55. The van der Waals surface area contributed by atoms with Gasteiger partial charge in [0.1, 0.15) is 0 Å². The molecule has 0 aromatic heterocycles. The van der Waals surface area contributed by atoms with Crippen molar-refractivity contribution in [1.29, 1.82) is 10.5 Å². The largest absolute Gasteiger partial charge is 0.294 e. The van der Waals surface area contributed by atoms with Gasteiger partial charge < -0.3 is 0 Å². The van der Waals surface area contributed by atoms with E-state index in [-0.39, 0.29) is 24.9 Å². The predicted octanol–water partition coefficient (Wildman–Crippen LogP) is 0.629. The number of nitrogens with two attached hydrogens (primary N) is 1. The fourth-order valence-corrected chi connectivity index (χ4v) is 1.81. The van der Waals surface area contributed by atoms with Crippen molar-refractivity contribution in [3.05, 3.63) is 35.4 Å². The molecule has 20 heavy (non-hydrogen) atoms. The van der Waals surface area contributed by atoms with Crippen LogP contribution in [0, 0.1) is 22.7 Å². The monoisotopic (exact) mass is 271 g/mol. The minimum atomic E-state index is -0.316. The van der Waals surface area contributed by atoms with Gasteiger partial charge in [0.05, 0.1) is 31.1 Å². The summed E-state index contributed by atoms with van der Waals surface area (Å²) in [6.07, 6.45) is 0. The van der Waals surface area contributed by atoms with E-state index in [2.05, 4.69) is 5.43 Å². The third-order valence-electron chi connectivity index (χ3n) is 3.01. The van der Waals surface area contributed by atoms with E-state index in [1.54, 1.807) is 11.8 Å². The van der Waals surface area contributed by atoms with Crippen molar-refractivity contribution in [2.24, 2.45) is 5.84 Å². The summed E-state index contributed by atoms with van der Waals surface area (Å²) >= 11 is 0. The molecule has 1 aromatic rings. The number of hydrazine groups is 1. The summed E-state index contributed by atoms with van der Waals surface area (Å²) < 4.78 is 0. The molecule has 1 atom stereocenters. The number of nitriles is 2. The van der Waals surface area contributed by atoms with Crippen LogP contribution >= 0.6 is 0 Å². The molecule has 1 amide bonds. The second kappa shape index (κ2) is 7.90. The van der Waals surface area contributed by atoms with Crippen molar-refractivity contribution in [3.8, 4) is 12.1 Å². The van der Waals surface area contributed by atoms with Gasteiger partial charge in [0.2, 0.25) is 5.91 Å². The molecule has 0 bridgehead atoms. The Morgan fingerprint density at radius 1 is 1.30 bits per heavy atom. The van der Waals surface area contributed by atoms with Crippen molar-refractivity contribution in [2.45, 2.75) is 19.4 Å². The first-order valence-electron chi connectivity index (χ1n) is 6.18. The van der Waals surface area contributed by atoms with Gasteiger partial charge in [-0.25, -0.2) is 5.84 Å². The average molecular weight is 271 g/mol. The van der Waals surface area contributed by atoms with Crippen LogP contribution in [0.15, 0.2) is 24.3 Å². The maximum atomic E-state index is 11.4. The van der Waals surface area contributed by atoms with Gasteiger partial charge in [-0.15, -0.1) is 0 Å². The molecule has 0 heterocycles. The molecule has 0 aliphatic rings. The van der Waals surface area contributed by atoms with E-state index >= 15 is 0 Å². The van der Waals surface area contributed by atoms with Gasteiger partial charge in [0.15, 0.2) is 0 Å². The Kier molecular flexibility index (Phi) is 6.18. The summed E-state index contributed by atoms with van der Waals surface area (Å²) in [5.41, 5.74) is 3.97. The number of benzene rings is 1. The molecule has 0 fully saturated rings. The average Bonchev–Trinajstić information content (AvgIpc) is 2.47. The maximum absolute atomic E-state index is 11.4. The number of hydrogen-bond donors (Lipinski definition) is 2. The first-order valence-corrected chi connectivity index (χ1v) is 6.18. The van der Waals surface area contributed by atoms with Crippen molar-refractivity contribution in [3.63, 3.8) is 0 Å². The highest BCUT2D eigenvalue weighted by atomic mass is 16.2. The molecule has 6 nitrogen and oxygen atoms in total. The summed E-state index contributed by atoms with van der Waals surface area (Å²) in [5, 5.41) is 17.4. The van der Waals surface area contributed by atoms with E-state index in [0.717, 1.165) is 11.1 Å². The van der Waals surface area contributed by atoms with Crippen LogP contribution in [-0.2, 0) is 11.3 Å². The first-order chi connectivity index (χ1) is 9.62. The third kappa shape index (κ3) is 4.36. The van der Waals surface area contributed by atoms with E-state index in [4.69, 9.17) is 16.4 Å². The lowest BCUT2D eigenvalue weighted by Crippen LogP contribution is -2.33. The lowest BCUT2D eigenvalue weighted by molar-refractivity contribution is -0.122. The van der Waals surface area contributed by atoms with Crippen molar-refractivity contribution >= 4 is 5.91 Å². The van der Waals surface area contributed by atoms with Gasteiger partial charge in [-0.3, -0.25) is 15.1 Å². The van der Waals surface area contributed by atoms with Gasteiger partial charge >= 0.3 is 0 Å². The molecular weight excluding hydrogens is 254 g/mol. The molecule has 0 saturated carbocycles. The van der Waals surface area contributed by atoms with Crippen LogP contribution in [-0.4, -0.2) is 23.9 Å². The number of hydrogen-bond acceptors (Lipinski definition) is 5. The smallest absolute Gasteiger partial charge is 0.241 e. The van der Waals surface area contributed by atoms with Crippen LogP contribution in [0.5, 0.6) is 0 Å². The Balaban J connectivity index is 2.74. The summed E-state index contributed by atoms with van der Waals surface area (Å²) in [4.78, 5) is 13.2. The van der Waals surface area contributed by atoms with Crippen LogP contribution in [0.4, 0.5) is 0 Å². The minimum absolute atomic E-state index is 0.210. The van der Waals surface area contributed by atoms with Gasteiger partial charge in [-0.2, -0.15) is 10.5 Å². The molecule has 1 rings (SSSR count). The lowest BCUT2D eigenvalue weighted by Gasteiger charge is -2.16. The number of rotatable bonds is 6. The highest BCUT2D eigenvalue weighted by Gasteiger charge is 2.13. The summed E-state index contributed by atoms with van der Waals surface area (Å²) in [6, 6.07) is 11.5. The molecule has 1 unspecified atom stereocenters. The molecule has 0 radical (unpaired) electrons. The Labute approximate surface area is 118 Å². The SMILES string of the molecule is CC(C(=O)NN)c1ccc(CN(CC#N)CC#N)cc1. The van der Waals surface area contributed by atoms with E-state index < -0.39 is 0 Å². The topological polar surface area (TPSA) is 106 Å². The van der Waals surface area contributed by atoms with Crippen LogP contribution in [0.1, 0.15) is 24.0 Å². The summed E-state index contributed by atoms with van der Waals surface area (Å²) in [7, 11) is 0. The van der Waals surface area contributed by atoms with E-state index in [1.807, 2.05) is 36.4 Å². The van der Waals surface area contributed by atoms with Crippen molar-refractivity contribution in [1.82, 2.24) is 10.3 Å². The molecular formula is C14H17N5O. The molecule has 0 spiro atoms. The number of carbonyl (C=O) groups is 1. The molecule has 0 aliphatic carbocycles. The van der Waals surface area contributed by atoms with Crippen LogP contribution in [0.25, 0.3) is 0 Å². The maximum Gasteiger partial charge on any atom is 0.241 e. The van der Waals surface area contributed by atoms with Gasteiger partial charge in [0.25, 0.3) is 0 Å². The number of amides is 1. The van der Waals surface area contributed by atoms with Gasteiger partial charge in [0, 0.05) is 6.54 Å². The van der Waals surface area contributed by atoms with Crippen LogP contribution in [0.3, 0.4) is 0 Å². The van der Waals surface area contributed by atoms with Crippen LogP contribution < -0.4 is 11.3 Å². The number of nitrogens with one attached hydrogen (secondary N) is 1. The quantitative estimate of drug-likeness (QED) is 0.341. The third-order valence-corrected chi connectivity index (χ3v) is 3.01. The van der Waals surface area contributed by atoms with Crippen LogP contribution in [0.2, 0.25) is 0 Å². The molecule has 0 saturated heterocycles. The second-order valence-electron chi connectivity index (χ2n) is 4.43. The lowest BCUT2D eigenvalue weighted by atomic mass is 9.99. The standard InChI is InChI=1S/C14H17N5O/c1-11(14(20)18-17)13-4-2-12(3-5-13)10-19(8-6-15)9-7-16/h2-5,11H,8-10,17H2,1H3,(H,18,20). The second-order valence-corrected chi connectivity index (χ2v) is 4.43. The predicted molar refractivity (Wildman–Crippen MR) is 73.7 cm³/mol. The summed E-state index contributed by atoms with van der Waals surface area (Å²) in [6.45, 7) is 2.72. The zero-order valence-electron chi connectivity index (χ0n) is 11.3. The Morgan fingerprint density at radius 2 is 1.85 bits per heavy atom. The molecule has 0 aliphatic heterocycles. The van der Waals surface area contributed by atoms with Gasteiger partial charge in [-0.05, 0) is 18.1 Å². The van der Waals surface area contributed by atoms with E-state index in [0.29, 0.717) is 6.54 Å². The first kappa shape index (κ1) is 15.6. The van der Waals surface area contributed by atoms with Gasteiger partial charge in [-0.1, -0.05) is 24.3 Å². The highest BCUT2D eigenvalue weighted by Crippen LogP contribution is 2.16. The van der Waals surface area contributed by atoms with Crippen molar-refractivity contribution in [2.75, 3.05) is 13.1 Å². The Hall–Kier alpha value is -2.41. The molecule has 3 N–H and O–H groups in total. The fourth-order valence-electron chi connectivity index (χ4n) is 1.81. The zero-order chi connectivity index (χ0) is 15.0. The molecule has 104 valence electrons. The number of nitrogens with zero attached hydrogens (tertiary/aromatic N) is 3. The molecule has 1 aromatic carbocycles. The fraction of sp³-hybridized carbons (Fsp3) is 0.357. The van der Waals surface area contributed by atoms with Crippen molar-refractivity contribution < 1.29 is 4.79 Å². The number of carbonyl (C=O) groups excluding carboxylic acids is 1. The Bertz CT molecular complexity index is 510. The zero-order valence-corrected chi connectivity index (χ0v) is 11.3. The molecule has 6 heteroatoms. The Morgan fingerprint density at radius 3 is 2.30 bits per heavy atom. The minimum Gasteiger partial charge on any atom is -0.294 e. The normalized spacial score (nSPS) is 11.4. The van der Waals surface area contributed by atoms with E-state index in [9.17, 15) is 4.79 Å².